The first-order valence-electron chi connectivity index (χ1n) is 5.46. The van der Waals surface area contributed by atoms with Crippen molar-refractivity contribution in [2.75, 3.05) is 0 Å². The van der Waals surface area contributed by atoms with Gasteiger partial charge in [0.1, 0.15) is 0 Å². The topological polar surface area (TPSA) is 3.24 Å². The Hall–Kier alpha value is 0.107. The zero-order chi connectivity index (χ0) is 11.5. The molecular weight excluding hydrogens is 206 g/mol. The summed E-state index contributed by atoms with van der Waals surface area (Å²) in [5, 5.41) is 0. The van der Waals surface area contributed by atoms with Gasteiger partial charge in [-0.2, -0.15) is 0 Å². The van der Waals surface area contributed by atoms with Crippen molar-refractivity contribution in [3.63, 3.8) is 0 Å². The minimum atomic E-state index is -1.06. The molecule has 0 unspecified atom stereocenters. The molecule has 0 heterocycles. The molecule has 0 rings (SSSR count). The van der Waals surface area contributed by atoms with Crippen molar-refractivity contribution in [1.82, 2.24) is 4.90 Å². The van der Waals surface area contributed by atoms with Crippen LogP contribution in [0.25, 0.3) is 0 Å². The van der Waals surface area contributed by atoms with E-state index in [0.717, 1.165) is 11.0 Å². The van der Waals surface area contributed by atoms with Crippen LogP contribution in [0.15, 0.2) is 0 Å². The van der Waals surface area contributed by atoms with Crippen LogP contribution in [0.3, 0.4) is 0 Å². The molecule has 0 aliphatic rings. The Bertz CT molecular complexity index is 186. The van der Waals surface area contributed by atoms with Crippen molar-refractivity contribution in [3.8, 4) is 0 Å². The quantitative estimate of drug-likeness (QED) is 0.535. The van der Waals surface area contributed by atoms with Crippen molar-refractivity contribution in [2.45, 2.75) is 65.5 Å². The van der Waals surface area contributed by atoms with Gasteiger partial charge in [0.05, 0.1) is 13.1 Å². The molecule has 0 bridgehead atoms. The van der Waals surface area contributed by atoms with Crippen molar-refractivity contribution in [3.05, 3.63) is 0 Å². The Labute approximate surface area is 95.9 Å². The van der Waals surface area contributed by atoms with Crippen LogP contribution in [0, 0.1) is 0 Å². The number of hydrogen-bond donors (Lipinski definition) is 0. The lowest BCUT2D eigenvalue weighted by Crippen LogP contribution is -2.43. The van der Waals surface area contributed by atoms with Gasteiger partial charge < -0.3 is 4.90 Å². The maximum atomic E-state index is 5.54. The molecule has 0 amide bonds. The molecule has 1 nitrogen and oxygen atoms in total. The van der Waals surface area contributed by atoms with E-state index in [1.54, 1.807) is 0 Å². The van der Waals surface area contributed by atoms with Gasteiger partial charge in [0.15, 0.2) is 0 Å². The minimum Gasteiger partial charge on any atom is -0.362 e. The third-order valence-electron chi connectivity index (χ3n) is 2.08. The van der Waals surface area contributed by atoms with E-state index in [1.807, 2.05) is 0 Å². The molecule has 3 heteroatoms. The van der Waals surface area contributed by atoms with E-state index in [1.165, 1.54) is 0 Å². The second-order valence-electron chi connectivity index (χ2n) is 5.73. The minimum absolute atomic E-state index is 0.527. The lowest BCUT2D eigenvalue weighted by Gasteiger charge is -2.35. The normalized spacial score (nSPS) is 12.4. The fourth-order valence-corrected chi connectivity index (χ4v) is 4.53. The Balaban J connectivity index is 4.47. The van der Waals surface area contributed by atoms with Gasteiger partial charge in [-0.15, -0.1) is 0 Å². The summed E-state index contributed by atoms with van der Waals surface area (Å²) in [4.78, 5) is 3.53. The average Bonchev–Trinajstić information content (AvgIpc) is 1.78. The van der Waals surface area contributed by atoms with Crippen LogP contribution in [0.4, 0.5) is 0 Å². The highest BCUT2D eigenvalue weighted by Gasteiger charge is 2.22. The van der Waals surface area contributed by atoms with E-state index in [4.69, 9.17) is 12.2 Å². The maximum absolute atomic E-state index is 5.54. The molecule has 0 saturated carbocycles. The van der Waals surface area contributed by atoms with Crippen molar-refractivity contribution < 1.29 is 0 Å². The third-order valence-corrected chi connectivity index (χ3v) is 4.09. The number of hydrogen-bond acceptors (Lipinski definition) is 1. The van der Waals surface area contributed by atoms with E-state index in [-0.39, 0.29) is 0 Å². The number of nitrogens with zero attached hydrogens (tertiary/aromatic N) is 1. The smallest absolute Gasteiger partial charge is 0.0756 e. The second kappa shape index (κ2) is 5.26. The van der Waals surface area contributed by atoms with Gasteiger partial charge >= 0.3 is 0 Å². The molecule has 0 N–H and O–H groups in total. The number of thiocarbonyl (C=S) groups is 1. The summed E-state index contributed by atoms with van der Waals surface area (Å²) in [5.41, 5.74) is 0. The van der Waals surface area contributed by atoms with E-state index < -0.39 is 8.07 Å². The molecule has 0 saturated heterocycles. The van der Waals surface area contributed by atoms with Gasteiger partial charge in [-0.05, 0) is 33.7 Å². The Kier molecular flexibility index (Phi) is 5.30. The highest BCUT2D eigenvalue weighted by atomic mass is 32.1. The summed E-state index contributed by atoms with van der Waals surface area (Å²) < 4.78 is 0. The summed E-state index contributed by atoms with van der Waals surface area (Å²) >= 11 is 5.54. The molecule has 0 radical (unpaired) electrons. The molecule has 0 aromatic rings. The molecule has 0 fully saturated rings. The SMILES string of the molecule is CC(C)N(C(=S)C[Si](C)(C)C)C(C)C. The molecule has 84 valence electrons. The maximum Gasteiger partial charge on any atom is 0.0756 e. The predicted octanol–water partition coefficient (Wildman–Crippen LogP) is 3.77. The van der Waals surface area contributed by atoms with Crippen molar-refractivity contribution >= 4 is 25.3 Å². The standard InChI is InChI=1S/C11H25NSSi/c1-9(2)12(10(3)4)11(13)8-14(5,6)7/h9-10H,8H2,1-7H3. The summed E-state index contributed by atoms with van der Waals surface area (Å²) in [6, 6.07) is 2.19. The van der Waals surface area contributed by atoms with Gasteiger partial charge in [0.25, 0.3) is 0 Å². The molecule has 0 aliphatic carbocycles. The van der Waals surface area contributed by atoms with Crippen LogP contribution in [0.2, 0.25) is 25.7 Å². The molecule has 0 aliphatic heterocycles. The summed E-state index contributed by atoms with van der Waals surface area (Å²) in [5.74, 6) is 0. The summed E-state index contributed by atoms with van der Waals surface area (Å²) in [6.45, 7) is 16.0. The first-order valence-corrected chi connectivity index (χ1v) is 9.58. The fourth-order valence-electron chi connectivity index (χ4n) is 1.72. The molecule has 0 aromatic heterocycles. The van der Waals surface area contributed by atoms with E-state index >= 15 is 0 Å². The third kappa shape index (κ3) is 5.10. The lowest BCUT2D eigenvalue weighted by atomic mass is 10.2. The van der Waals surface area contributed by atoms with Crippen molar-refractivity contribution in [2.24, 2.45) is 0 Å². The van der Waals surface area contributed by atoms with E-state index in [9.17, 15) is 0 Å². The summed E-state index contributed by atoms with van der Waals surface area (Å²) in [6.07, 6.45) is 0. The molecule has 0 aromatic carbocycles. The van der Waals surface area contributed by atoms with Crippen LogP contribution in [-0.4, -0.2) is 30.0 Å². The zero-order valence-corrected chi connectivity index (χ0v) is 12.5. The van der Waals surface area contributed by atoms with Crippen molar-refractivity contribution in [1.29, 1.82) is 0 Å². The Morgan fingerprint density at radius 2 is 1.43 bits per heavy atom. The van der Waals surface area contributed by atoms with Gasteiger partial charge in [-0.1, -0.05) is 31.9 Å². The van der Waals surface area contributed by atoms with Crippen LogP contribution in [0.1, 0.15) is 27.7 Å². The number of rotatable bonds is 4. The van der Waals surface area contributed by atoms with Crippen LogP contribution in [-0.2, 0) is 0 Å². The largest absolute Gasteiger partial charge is 0.362 e. The first-order chi connectivity index (χ1) is 6.15. The Morgan fingerprint density at radius 1 is 1.07 bits per heavy atom. The lowest BCUT2D eigenvalue weighted by molar-refractivity contribution is 0.295. The zero-order valence-electron chi connectivity index (χ0n) is 10.7. The highest BCUT2D eigenvalue weighted by molar-refractivity contribution is 7.80. The summed E-state index contributed by atoms with van der Waals surface area (Å²) in [7, 11) is -1.06. The van der Waals surface area contributed by atoms with Gasteiger partial charge in [-0.3, -0.25) is 0 Å². The monoisotopic (exact) mass is 231 g/mol. The first kappa shape index (κ1) is 14.1. The van der Waals surface area contributed by atoms with Crippen LogP contribution >= 0.6 is 12.2 Å². The molecule has 0 spiro atoms. The molecule has 0 atom stereocenters. The highest BCUT2D eigenvalue weighted by Crippen LogP contribution is 2.16. The molecule has 14 heavy (non-hydrogen) atoms. The predicted molar refractivity (Wildman–Crippen MR) is 72.9 cm³/mol. The van der Waals surface area contributed by atoms with Gasteiger partial charge in [0.2, 0.25) is 0 Å². The van der Waals surface area contributed by atoms with E-state index in [2.05, 4.69) is 52.2 Å². The second-order valence-corrected chi connectivity index (χ2v) is 11.7. The van der Waals surface area contributed by atoms with Gasteiger partial charge in [0, 0.05) is 12.1 Å². The van der Waals surface area contributed by atoms with Gasteiger partial charge in [-0.25, -0.2) is 0 Å². The molecular formula is C11H25NSSi. The van der Waals surface area contributed by atoms with E-state index in [0.29, 0.717) is 12.1 Å². The Morgan fingerprint density at radius 3 is 1.64 bits per heavy atom. The average molecular weight is 231 g/mol. The fraction of sp³-hybridized carbons (Fsp3) is 0.909. The van der Waals surface area contributed by atoms with Crippen LogP contribution in [0.5, 0.6) is 0 Å². The van der Waals surface area contributed by atoms with Crippen LogP contribution < -0.4 is 0 Å².